The van der Waals surface area contributed by atoms with Gasteiger partial charge in [-0.1, -0.05) is 37.1 Å². The van der Waals surface area contributed by atoms with E-state index >= 15 is 0 Å². The average molecular weight is 496 g/mol. The molecule has 35 heavy (non-hydrogen) atoms. The molecule has 0 unspecified atom stereocenters. The maximum absolute atomic E-state index is 13.0. The van der Waals surface area contributed by atoms with Crippen molar-refractivity contribution in [3.63, 3.8) is 0 Å². The molecule has 1 saturated heterocycles. The van der Waals surface area contributed by atoms with Gasteiger partial charge in [0.1, 0.15) is 6.07 Å². The van der Waals surface area contributed by atoms with Gasteiger partial charge in [-0.15, -0.1) is 0 Å². The number of sulfonamides is 1. The van der Waals surface area contributed by atoms with Gasteiger partial charge in [-0.3, -0.25) is 14.5 Å². The number of carbonyl (C=O) groups excluding carboxylic acids is 2. The summed E-state index contributed by atoms with van der Waals surface area (Å²) in [5.74, 6) is -0.457. The molecule has 184 valence electrons. The maximum atomic E-state index is 13.0. The molecule has 0 radical (unpaired) electrons. The second kappa shape index (κ2) is 11.0. The van der Waals surface area contributed by atoms with Crippen molar-refractivity contribution in [1.29, 1.82) is 5.26 Å². The number of hydrogen-bond donors (Lipinski definition) is 2. The maximum Gasteiger partial charge on any atom is 0.253 e. The monoisotopic (exact) mass is 495 g/mol. The Morgan fingerprint density at radius 3 is 2.34 bits per heavy atom. The molecule has 1 heterocycles. The molecule has 2 N–H and O–H groups in total. The molecule has 2 aromatic carbocycles. The summed E-state index contributed by atoms with van der Waals surface area (Å²) < 4.78 is 27.3. The number of anilines is 1. The first-order valence-corrected chi connectivity index (χ1v) is 13.2. The van der Waals surface area contributed by atoms with Gasteiger partial charge >= 0.3 is 0 Å². The molecule has 2 aromatic rings. The predicted molar refractivity (Wildman–Crippen MR) is 131 cm³/mol. The van der Waals surface area contributed by atoms with Gasteiger partial charge in [0.15, 0.2) is 0 Å². The van der Waals surface area contributed by atoms with Gasteiger partial charge in [0, 0.05) is 32.2 Å². The molecule has 1 aliphatic heterocycles. The van der Waals surface area contributed by atoms with Crippen LogP contribution in [-0.2, 0) is 14.8 Å². The summed E-state index contributed by atoms with van der Waals surface area (Å²) >= 11 is 0. The van der Waals surface area contributed by atoms with Crippen molar-refractivity contribution in [2.24, 2.45) is 0 Å². The van der Waals surface area contributed by atoms with Crippen LogP contribution in [0.1, 0.15) is 41.6 Å². The highest BCUT2D eigenvalue weighted by Gasteiger charge is 2.31. The van der Waals surface area contributed by atoms with Crippen LogP contribution in [-0.4, -0.2) is 68.2 Å². The second-order valence-electron chi connectivity index (χ2n) is 8.84. The van der Waals surface area contributed by atoms with Crippen LogP contribution in [0.25, 0.3) is 0 Å². The number of amides is 2. The minimum absolute atomic E-state index is 0.00109. The third kappa shape index (κ3) is 5.88. The van der Waals surface area contributed by atoms with E-state index in [4.69, 9.17) is 0 Å². The lowest BCUT2D eigenvalue weighted by molar-refractivity contribution is -0.117. The first-order valence-electron chi connectivity index (χ1n) is 11.8. The Balaban J connectivity index is 1.33. The molecule has 0 bridgehead atoms. The highest BCUT2D eigenvalue weighted by molar-refractivity contribution is 7.89. The van der Waals surface area contributed by atoms with Crippen LogP contribution < -0.4 is 10.6 Å². The molecular weight excluding hydrogens is 466 g/mol. The lowest BCUT2D eigenvalue weighted by Crippen LogP contribution is -2.50. The Kier molecular flexibility index (Phi) is 7.80. The largest absolute Gasteiger partial charge is 0.349 e. The van der Waals surface area contributed by atoms with Crippen molar-refractivity contribution in [1.82, 2.24) is 14.5 Å². The number of piperazine rings is 1. The van der Waals surface area contributed by atoms with Gasteiger partial charge in [-0.25, -0.2) is 8.42 Å². The molecule has 1 saturated carbocycles. The number of rotatable bonds is 7. The topological polar surface area (TPSA) is 123 Å². The molecule has 10 heteroatoms. The standard InChI is InChI=1S/C25H29N5O4S/c26-17-19-7-1-6-12-23(19)35(33,34)30-15-13-29(14-16-30)18-24(31)28-22-11-5-4-10-21(22)25(32)27-20-8-2-3-9-20/h1,4-7,10-12,20H,2-3,8-9,13-16,18H2,(H,27,32)(H,28,31). The van der Waals surface area contributed by atoms with E-state index in [0.717, 1.165) is 25.7 Å². The summed E-state index contributed by atoms with van der Waals surface area (Å²) in [5.41, 5.74) is 1.01. The van der Waals surface area contributed by atoms with Crippen LogP contribution in [0, 0.1) is 11.3 Å². The molecule has 1 aliphatic carbocycles. The molecule has 2 amide bonds. The summed E-state index contributed by atoms with van der Waals surface area (Å²) in [4.78, 5) is 27.3. The van der Waals surface area contributed by atoms with Crippen molar-refractivity contribution in [3.8, 4) is 6.07 Å². The van der Waals surface area contributed by atoms with Crippen LogP contribution in [0.4, 0.5) is 5.69 Å². The normalized spacial score (nSPS) is 17.6. The number of para-hydroxylation sites is 1. The predicted octanol–water partition coefficient (Wildman–Crippen LogP) is 2.18. The summed E-state index contributed by atoms with van der Waals surface area (Å²) in [6, 6.07) is 15.2. The lowest BCUT2D eigenvalue weighted by Gasteiger charge is -2.33. The van der Waals surface area contributed by atoms with Crippen molar-refractivity contribution >= 4 is 27.5 Å². The second-order valence-corrected chi connectivity index (χ2v) is 10.7. The Bertz CT molecular complexity index is 1230. The number of benzene rings is 2. The van der Waals surface area contributed by atoms with Gasteiger partial charge in [0.2, 0.25) is 15.9 Å². The molecule has 0 aromatic heterocycles. The first kappa shape index (κ1) is 24.9. The Morgan fingerprint density at radius 2 is 1.63 bits per heavy atom. The average Bonchev–Trinajstić information content (AvgIpc) is 3.37. The van der Waals surface area contributed by atoms with E-state index in [1.165, 1.54) is 16.4 Å². The number of hydrogen-bond acceptors (Lipinski definition) is 6. The minimum Gasteiger partial charge on any atom is -0.349 e. The first-order chi connectivity index (χ1) is 16.9. The van der Waals surface area contributed by atoms with Crippen LogP contribution in [0.3, 0.4) is 0 Å². The Hall–Kier alpha value is -3.26. The highest BCUT2D eigenvalue weighted by atomic mass is 32.2. The highest BCUT2D eigenvalue weighted by Crippen LogP contribution is 2.22. The van der Waals surface area contributed by atoms with Crippen molar-refractivity contribution in [3.05, 3.63) is 59.7 Å². The zero-order chi connectivity index (χ0) is 24.8. The van der Waals surface area contributed by atoms with Gasteiger partial charge in [0.05, 0.1) is 28.3 Å². The molecule has 2 fully saturated rings. The fraction of sp³-hybridized carbons (Fsp3) is 0.400. The lowest BCUT2D eigenvalue weighted by atomic mass is 10.1. The number of nitriles is 1. The molecule has 2 aliphatic rings. The fourth-order valence-corrected chi connectivity index (χ4v) is 6.13. The van der Waals surface area contributed by atoms with E-state index in [-0.39, 0.29) is 47.9 Å². The zero-order valence-corrected chi connectivity index (χ0v) is 20.3. The summed E-state index contributed by atoms with van der Waals surface area (Å²) in [7, 11) is -3.79. The van der Waals surface area contributed by atoms with Gasteiger partial charge < -0.3 is 10.6 Å². The summed E-state index contributed by atoms with van der Waals surface area (Å²) in [5, 5.41) is 15.1. The van der Waals surface area contributed by atoms with Gasteiger partial charge in [-0.2, -0.15) is 9.57 Å². The van der Waals surface area contributed by atoms with E-state index in [0.29, 0.717) is 24.3 Å². The third-order valence-electron chi connectivity index (χ3n) is 6.46. The Morgan fingerprint density at radius 1 is 0.971 bits per heavy atom. The van der Waals surface area contributed by atoms with E-state index in [2.05, 4.69) is 10.6 Å². The smallest absolute Gasteiger partial charge is 0.253 e. The minimum atomic E-state index is -3.79. The molecule has 0 spiro atoms. The summed E-state index contributed by atoms with van der Waals surface area (Å²) in [6.45, 7) is 1.28. The summed E-state index contributed by atoms with van der Waals surface area (Å²) in [6.07, 6.45) is 4.18. The van der Waals surface area contributed by atoms with Gasteiger partial charge in [-0.05, 0) is 37.1 Å². The quantitative estimate of drug-likeness (QED) is 0.607. The van der Waals surface area contributed by atoms with Crippen molar-refractivity contribution in [2.45, 2.75) is 36.6 Å². The van der Waals surface area contributed by atoms with E-state index in [9.17, 15) is 23.3 Å². The van der Waals surface area contributed by atoms with Crippen molar-refractivity contribution < 1.29 is 18.0 Å². The molecular formula is C25H29N5O4S. The van der Waals surface area contributed by atoms with E-state index in [1.54, 1.807) is 36.4 Å². The van der Waals surface area contributed by atoms with Crippen molar-refractivity contribution in [2.75, 3.05) is 38.0 Å². The zero-order valence-electron chi connectivity index (χ0n) is 19.4. The third-order valence-corrected chi connectivity index (χ3v) is 8.42. The molecule has 9 nitrogen and oxygen atoms in total. The number of nitrogens with zero attached hydrogens (tertiary/aromatic N) is 3. The fourth-order valence-electron chi connectivity index (χ4n) is 4.57. The Labute approximate surface area is 205 Å². The molecule has 4 rings (SSSR count). The van der Waals surface area contributed by atoms with Crippen LogP contribution >= 0.6 is 0 Å². The SMILES string of the molecule is N#Cc1ccccc1S(=O)(=O)N1CCN(CC(=O)Nc2ccccc2C(=O)NC2CCCC2)CC1. The number of nitrogens with one attached hydrogen (secondary N) is 2. The van der Waals surface area contributed by atoms with Gasteiger partial charge in [0.25, 0.3) is 5.91 Å². The molecule has 0 atom stereocenters. The van der Waals surface area contributed by atoms with Crippen LogP contribution in [0.5, 0.6) is 0 Å². The van der Waals surface area contributed by atoms with E-state index in [1.807, 2.05) is 11.0 Å². The van der Waals surface area contributed by atoms with Crippen LogP contribution in [0.2, 0.25) is 0 Å². The van der Waals surface area contributed by atoms with E-state index < -0.39 is 10.0 Å². The number of carbonyl (C=O) groups is 2. The van der Waals surface area contributed by atoms with Crippen LogP contribution in [0.15, 0.2) is 53.4 Å².